The van der Waals surface area contributed by atoms with Gasteiger partial charge in [-0.2, -0.15) is 0 Å². The lowest BCUT2D eigenvalue weighted by Crippen LogP contribution is -2.04. The topological polar surface area (TPSA) is 66.9 Å². The van der Waals surface area contributed by atoms with E-state index in [9.17, 15) is 4.21 Å². The van der Waals surface area contributed by atoms with Gasteiger partial charge < -0.3 is 5.73 Å². The van der Waals surface area contributed by atoms with Crippen molar-refractivity contribution in [2.75, 3.05) is 6.26 Å². The van der Waals surface area contributed by atoms with Gasteiger partial charge in [0.15, 0.2) is 0 Å². The third-order valence-electron chi connectivity index (χ3n) is 1.61. The number of hydrogen-bond donors (Lipinski definition) is 2. The van der Waals surface area contributed by atoms with E-state index in [1.165, 1.54) is 6.26 Å². The Morgan fingerprint density at radius 2 is 1.86 bits per heavy atom. The predicted molar refractivity (Wildman–Crippen MR) is 63.9 cm³/mol. The Balaban J connectivity index is 0. The maximum absolute atomic E-state index is 11.4. The van der Waals surface area contributed by atoms with Crippen LogP contribution >= 0.6 is 24.8 Å². The third-order valence-corrected chi connectivity index (χ3v) is 2.85. The fraction of sp³-hybridized carbons (Fsp3) is 0.250. The highest BCUT2D eigenvalue weighted by molar-refractivity contribution is 7.91. The van der Waals surface area contributed by atoms with Crippen molar-refractivity contribution in [2.45, 2.75) is 11.4 Å². The van der Waals surface area contributed by atoms with Gasteiger partial charge in [-0.3, -0.25) is 0 Å². The van der Waals surface area contributed by atoms with Crippen LogP contribution in [0.15, 0.2) is 29.2 Å². The first kappa shape index (κ1) is 16.2. The highest BCUT2D eigenvalue weighted by Crippen LogP contribution is 2.14. The van der Waals surface area contributed by atoms with Gasteiger partial charge in [0.2, 0.25) is 0 Å². The van der Waals surface area contributed by atoms with Crippen LogP contribution in [0, 0.1) is 4.78 Å². The largest absolute Gasteiger partial charge is 0.326 e. The van der Waals surface area contributed by atoms with Crippen LogP contribution in [0.5, 0.6) is 0 Å². The number of nitrogens with two attached hydrogens (primary N) is 1. The van der Waals surface area contributed by atoms with E-state index in [4.69, 9.17) is 10.5 Å². The van der Waals surface area contributed by atoms with Crippen molar-refractivity contribution >= 4 is 34.5 Å². The molecule has 82 valence electrons. The molecule has 1 unspecified atom stereocenters. The van der Waals surface area contributed by atoms with Gasteiger partial charge in [0, 0.05) is 12.8 Å². The van der Waals surface area contributed by atoms with Crippen molar-refractivity contribution in [3.63, 3.8) is 0 Å². The van der Waals surface area contributed by atoms with Crippen molar-refractivity contribution in [3.05, 3.63) is 29.8 Å². The van der Waals surface area contributed by atoms with Gasteiger partial charge in [-0.25, -0.2) is 8.99 Å². The molecular formula is C8H14Cl2N2OS. The molecular weight excluding hydrogens is 243 g/mol. The lowest BCUT2D eigenvalue weighted by atomic mass is 10.2. The molecule has 0 radical (unpaired) electrons. The first-order chi connectivity index (χ1) is 5.55. The smallest absolute Gasteiger partial charge is 0.0700 e. The highest BCUT2D eigenvalue weighted by Gasteiger charge is 2.06. The fourth-order valence-electron chi connectivity index (χ4n) is 1.05. The summed E-state index contributed by atoms with van der Waals surface area (Å²) >= 11 is 0. The molecule has 14 heavy (non-hydrogen) atoms. The predicted octanol–water partition coefficient (Wildman–Crippen LogP) is 2.02. The molecule has 0 aliphatic rings. The SMILES string of the molecule is CS(=N)(=O)c1ccccc1CN.Cl.Cl. The van der Waals surface area contributed by atoms with Crippen molar-refractivity contribution in [2.24, 2.45) is 5.73 Å². The van der Waals surface area contributed by atoms with Gasteiger partial charge in [-0.15, -0.1) is 24.8 Å². The second-order valence-corrected chi connectivity index (χ2v) is 4.78. The zero-order valence-electron chi connectivity index (χ0n) is 7.73. The summed E-state index contributed by atoms with van der Waals surface area (Å²) in [6.45, 7) is 0.333. The zero-order chi connectivity index (χ0) is 9.19. The molecule has 3 nitrogen and oxygen atoms in total. The molecule has 6 heteroatoms. The van der Waals surface area contributed by atoms with E-state index in [-0.39, 0.29) is 24.8 Å². The van der Waals surface area contributed by atoms with E-state index in [0.29, 0.717) is 11.4 Å². The summed E-state index contributed by atoms with van der Waals surface area (Å²) in [4.78, 5) is 0.549. The lowest BCUT2D eigenvalue weighted by Gasteiger charge is -2.06. The van der Waals surface area contributed by atoms with Crippen LogP contribution in [-0.2, 0) is 16.3 Å². The highest BCUT2D eigenvalue weighted by atomic mass is 35.5. The summed E-state index contributed by atoms with van der Waals surface area (Å²) in [5.74, 6) is 0. The first-order valence-corrected chi connectivity index (χ1v) is 5.54. The molecule has 0 spiro atoms. The second-order valence-electron chi connectivity index (χ2n) is 2.66. The fourth-order valence-corrected chi connectivity index (χ4v) is 2.04. The van der Waals surface area contributed by atoms with Crippen molar-refractivity contribution < 1.29 is 4.21 Å². The zero-order valence-corrected chi connectivity index (χ0v) is 10.2. The average Bonchev–Trinajstić information content (AvgIpc) is 2.03. The number of rotatable bonds is 2. The van der Waals surface area contributed by atoms with Crippen LogP contribution in [0.1, 0.15) is 5.56 Å². The minimum atomic E-state index is -2.63. The van der Waals surface area contributed by atoms with Gasteiger partial charge >= 0.3 is 0 Å². The monoisotopic (exact) mass is 256 g/mol. The molecule has 0 saturated carbocycles. The van der Waals surface area contributed by atoms with E-state index in [1.807, 2.05) is 6.07 Å². The molecule has 0 aliphatic carbocycles. The molecule has 0 bridgehead atoms. The maximum Gasteiger partial charge on any atom is 0.0700 e. The second kappa shape index (κ2) is 6.24. The van der Waals surface area contributed by atoms with E-state index in [0.717, 1.165) is 5.56 Å². The van der Waals surface area contributed by atoms with Gasteiger partial charge in [0.05, 0.1) is 14.6 Å². The average molecular weight is 257 g/mol. The molecule has 3 N–H and O–H groups in total. The minimum absolute atomic E-state index is 0. The number of hydrogen-bond acceptors (Lipinski definition) is 3. The first-order valence-electron chi connectivity index (χ1n) is 3.57. The van der Waals surface area contributed by atoms with Gasteiger partial charge in [0.1, 0.15) is 0 Å². The number of nitrogens with one attached hydrogen (secondary N) is 1. The molecule has 1 aromatic carbocycles. The van der Waals surface area contributed by atoms with Crippen LogP contribution in [0.2, 0.25) is 0 Å². The number of benzene rings is 1. The molecule has 1 atom stereocenters. The summed E-state index contributed by atoms with van der Waals surface area (Å²) < 4.78 is 18.8. The van der Waals surface area contributed by atoms with Gasteiger partial charge in [0.25, 0.3) is 0 Å². The molecule has 0 heterocycles. The standard InChI is InChI=1S/C8H12N2OS.2ClH/c1-12(10,11)8-5-3-2-4-7(8)6-9;;/h2-5,10H,6,9H2,1H3;2*1H. The van der Waals surface area contributed by atoms with Crippen LogP contribution in [0.3, 0.4) is 0 Å². The Labute approximate surface area is 96.9 Å². The summed E-state index contributed by atoms with van der Waals surface area (Å²) in [7, 11) is -2.63. The Morgan fingerprint density at radius 1 is 1.36 bits per heavy atom. The van der Waals surface area contributed by atoms with E-state index in [1.54, 1.807) is 18.2 Å². The number of halogens is 2. The maximum atomic E-state index is 11.4. The summed E-state index contributed by atoms with van der Waals surface area (Å²) in [5, 5.41) is 0. The third kappa shape index (κ3) is 3.84. The molecule has 0 amide bonds. The molecule has 0 saturated heterocycles. The molecule has 1 aromatic rings. The normalized spacial score (nSPS) is 13.3. The van der Waals surface area contributed by atoms with Crippen molar-refractivity contribution in [1.29, 1.82) is 4.78 Å². The van der Waals surface area contributed by atoms with Crippen molar-refractivity contribution in [1.82, 2.24) is 0 Å². The van der Waals surface area contributed by atoms with Crippen molar-refractivity contribution in [3.8, 4) is 0 Å². The quantitative estimate of drug-likeness (QED) is 0.851. The van der Waals surface area contributed by atoms with E-state index in [2.05, 4.69) is 0 Å². The molecule has 1 rings (SSSR count). The molecule has 0 aliphatic heterocycles. The Morgan fingerprint density at radius 3 is 2.21 bits per heavy atom. The van der Waals surface area contributed by atoms with Crippen LogP contribution in [0.25, 0.3) is 0 Å². The van der Waals surface area contributed by atoms with Crippen LogP contribution in [0.4, 0.5) is 0 Å². The van der Waals surface area contributed by atoms with Crippen LogP contribution < -0.4 is 5.73 Å². The van der Waals surface area contributed by atoms with E-state index < -0.39 is 9.73 Å². The van der Waals surface area contributed by atoms with Crippen LogP contribution in [-0.4, -0.2) is 10.5 Å². The Kier molecular flexibility index (Phi) is 7.20. The summed E-state index contributed by atoms with van der Waals surface area (Å²) in [6, 6.07) is 7.09. The lowest BCUT2D eigenvalue weighted by molar-refractivity contribution is 0.678. The van der Waals surface area contributed by atoms with Gasteiger partial charge in [-0.1, -0.05) is 18.2 Å². The Hall–Kier alpha value is -0.290. The molecule has 0 fully saturated rings. The Bertz CT molecular complexity index is 379. The summed E-state index contributed by atoms with van der Waals surface area (Å²) in [6.07, 6.45) is 1.40. The summed E-state index contributed by atoms with van der Waals surface area (Å²) in [5.41, 5.74) is 6.23. The molecule has 0 aromatic heterocycles. The van der Waals surface area contributed by atoms with Gasteiger partial charge in [-0.05, 0) is 11.6 Å². The minimum Gasteiger partial charge on any atom is -0.326 e. The van der Waals surface area contributed by atoms with E-state index >= 15 is 0 Å².